The number of imidazole rings is 4. The van der Waals surface area contributed by atoms with Crippen molar-refractivity contribution in [3.05, 3.63) is 123 Å². The fourth-order valence-electron chi connectivity index (χ4n) is 4.10. The average molecular weight is 776 g/mol. The van der Waals surface area contributed by atoms with Gasteiger partial charge in [-0.3, -0.25) is 19.5 Å². The van der Waals surface area contributed by atoms with Crippen LogP contribution in [0.1, 0.15) is 149 Å². The summed E-state index contributed by atoms with van der Waals surface area (Å²) >= 11 is 0. The summed E-state index contributed by atoms with van der Waals surface area (Å²) < 4.78 is 0. The zero-order valence-corrected chi connectivity index (χ0v) is 34.7. The molecule has 6 aromatic heterocycles. The van der Waals surface area contributed by atoms with Crippen molar-refractivity contribution >= 4 is 17.3 Å². The van der Waals surface area contributed by atoms with Crippen LogP contribution in [0.15, 0.2) is 77.9 Å². The number of carbonyl (C=O) groups excluding carboxylic acids is 3. The zero-order valence-electron chi connectivity index (χ0n) is 34.7. The third-order valence-electron chi connectivity index (χ3n) is 7.65. The molecule has 0 saturated carbocycles. The van der Waals surface area contributed by atoms with Crippen molar-refractivity contribution < 1.29 is 14.4 Å². The van der Waals surface area contributed by atoms with Gasteiger partial charge in [0.05, 0.1) is 25.0 Å². The van der Waals surface area contributed by atoms with Crippen LogP contribution in [0.3, 0.4) is 0 Å². The van der Waals surface area contributed by atoms with Crippen molar-refractivity contribution in [3.8, 4) is 0 Å². The molecule has 6 heterocycles. The van der Waals surface area contributed by atoms with Crippen molar-refractivity contribution in [1.82, 2.24) is 55.1 Å². The molecule has 8 N–H and O–H groups in total. The fraction of sp³-hybridized carbons (Fsp3) is 0.450. The van der Waals surface area contributed by atoms with E-state index in [2.05, 4.69) is 82.7 Å². The van der Waals surface area contributed by atoms with E-state index in [-0.39, 0.29) is 46.5 Å². The van der Waals surface area contributed by atoms with E-state index in [1.807, 2.05) is 60.1 Å². The number of carbonyl (C=O) groups is 3. The lowest BCUT2D eigenvalue weighted by molar-refractivity contribution is 0.0927. The van der Waals surface area contributed by atoms with Crippen LogP contribution in [-0.2, 0) is 0 Å². The molecule has 56 heavy (non-hydrogen) atoms. The van der Waals surface area contributed by atoms with E-state index in [1.165, 1.54) is 23.8 Å². The summed E-state index contributed by atoms with van der Waals surface area (Å²) in [6.45, 7) is 23.7. The molecule has 16 heteroatoms. The van der Waals surface area contributed by atoms with Gasteiger partial charge in [-0.2, -0.15) is 5.10 Å². The quantitative estimate of drug-likeness (QED) is 0.0680. The third kappa shape index (κ3) is 18.3. The van der Waals surface area contributed by atoms with Crippen molar-refractivity contribution in [2.24, 2.45) is 17.8 Å². The molecule has 0 fully saturated rings. The number of aromatic nitrogens is 11. The fourth-order valence-corrected chi connectivity index (χ4v) is 4.10. The van der Waals surface area contributed by atoms with Gasteiger partial charge in [0.25, 0.3) is 0 Å². The number of H-pyrrole nitrogens is 8. The molecule has 0 aromatic carbocycles. The van der Waals surface area contributed by atoms with Crippen LogP contribution in [0.2, 0.25) is 0 Å². The number of ketones is 3. The van der Waals surface area contributed by atoms with Gasteiger partial charge in [-0.05, 0) is 29.4 Å². The van der Waals surface area contributed by atoms with E-state index in [0.717, 1.165) is 11.3 Å². The maximum Gasteiger partial charge on any atom is 0.323 e. The molecule has 6 rings (SSSR count). The summed E-state index contributed by atoms with van der Waals surface area (Å²) in [4.78, 5) is 80.8. The second-order valence-corrected chi connectivity index (χ2v) is 14.5. The van der Waals surface area contributed by atoms with E-state index in [4.69, 9.17) is 0 Å². The first-order valence-electron chi connectivity index (χ1n) is 18.6. The highest BCUT2D eigenvalue weighted by Crippen LogP contribution is 2.10. The second kappa shape index (κ2) is 25.1. The number of nitrogens with one attached hydrogen (secondary N) is 8. The smallest absolute Gasteiger partial charge is 0.323 e. The molecular weight excluding hydrogens is 715 g/mol. The highest BCUT2D eigenvalue weighted by atomic mass is 16.2. The minimum atomic E-state index is -0.339. The summed E-state index contributed by atoms with van der Waals surface area (Å²) in [5.41, 5.74) is 4.68. The summed E-state index contributed by atoms with van der Waals surface area (Å²) in [6.07, 6.45) is 17.0. The lowest BCUT2D eigenvalue weighted by atomic mass is 10.0. The molecule has 0 aliphatic rings. The molecule has 0 amide bonds. The number of hydrogen-bond donors (Lipinski definition) is 8. The highest BCUT2D eigenvalue weighted by molar-refractivity contribution is 5.97. The molecular formula is C40H61N11O5. The maximum atomic E-state index is 11.2. The number of rotatable bonds is 9. The van der Waals surface area contributed by atoms with Gasteiger partial charge in [0.15, 0.2) is 17.3 Å². The van der Waals surface area contributed by atoms with Crippen LogP contribution in [0, 0.1) is 17.8 Å². The van der Waals surface area contributed by atoms with Crippen molar-refractivity contribution in [2.45, 2.75) is 101 Å². The average Bonchev–Trinajstić information content (AvgIpc) is 4.01. The van der Waals surface area contributed by atoms with Gasteiger partial charge in [0.2, 0.25) is 0 Å². The Balaban J connectivity index is 0.000000337. The standard InChI is InChI=1S/C8H11NO.C7H10N2O2.C7H10N2O.C6H10N2O.2C6H10N2/c1-6(2)8(10)7-3-4-9-5-7;1-4(2)6(10)5-3-8-7(11)9-5;1-5(2)7(10)6-3-8-4-9-6;1-4(2)5-3-7-6(9)8-5;1-5(2)6-3-7-4-8-6;1-5(2)6-3-7-8-4-6/h3-6,9H,1-2H3;3-4H,1-2H3,(H2,8,9,11);3-5H,1-2H3,(H,8,9);3-4H,1-2H3,(H2,7,8,9);2*3-5H,1-2H3,(H,7,8). The normalized spacial score (nSPS) is 10.4. The van der Waals surface area contributed by atoms with Crippen molar-refractivity contribution in [3.63, 3.8) is 0 Å². The number of nitrogens with zero attached hydrogens (tertiary/aromatic N) is 3. The Morgan fingerprint density at radius 3 is 1.41 bits per heavy atom. The Kier molecular flexibility index (Phi) is 21.5. The predicted molar refractivity (Wildman–Crippen MR) is 219 cm³/mol. The lowest BCUT2D eigenvalue weighted by Crippen LogP contribution is -2.10. The Morgan fingerprint density at radius 2 is 1.09 bits per heavy atom. The van der Waals surface area contributed by atoms with Gasteiger partial charge in [0.1, 0.15) is 11.4 Å². The van der Waals surface area contributed by atoms with Crippen LogP contribution in [0.25, 0.3) is 0 Å². The van der Waals surface area contributed by atoms with E-state index in [9.17, 15) is 24.0 Å². The van der Waals surface area contributed by atoms with Gasteiger partial charge in [0, 0.05) is 71.9 Å². The van der Waals surface area contributed by atoms with Gasteiger partial charge >= 0.3 is 11.4 Å². The van der Waals surface area contributed by atoms with E-state index in [0.29, 0.717) is 29.1 Å². The van der Waals surface area contributed by atoms with Crippen LogP contribution in [0.5, 0.6) is 0 Å². The van der Waals surface area contributed by atoms with Crippen molar-refractivity contribution in [1.29, 1.82) is 0 Å². The molecule has 0 saturated heterocycles. The van der Waals surface area contributed by atoms with E-state index < -0.39 is 0 Å². The number of Topliss-reactive ketones (excluding diaryl/α,β-unsaturated/α-hetero) is 3. The van der Waals surface area contributed by atoms with Gasteiger partial charge in [-0.1, -0.05) is 83.1 Å². The Morgan fingerprint density at radius 1 is 0.536 bits per heavy atom. The third-order valence-corrected chi connectivity index (χ3v) is 7.65. The lowest BCUT2D eigenvalue weighted by Gasteiger charge is -1.98. The Hall–Kier alpha value is -6.06. The van der Waals surface area contributed by atoms with Gasteiger partial charge in [-0.25, -0.2) is 19.6 Å². The summed E-state index contributed by atoms with van der Waals surface area (Å²) in [5.74, 6) is 1.86. The minimum Gasteiger partial charge on any atom is -0.367 e. The van der Waals surface area contributed by atoms with Crippen molar-refractivity contribution in [2.75, 3.05) is 0 Å². The van der Waals surface area contributed by atoms with Crippen LogP contribution in [0.4, 0.5) is 0 Å². The monoisotopic (exact) mass is 775 g/mol. The van der Waals surface area contributed by atoms with Crippen LogP contribution >= 0.6 is 0 Å². The molecule has 6 aromatic rings. The SMILES string of the molecule is CC(C)C(=O)c1c[nH]c(=O)[nH]1.CC(C)C(=O)c1cc[nH]c1.CC(C)C(=O)c1cnc[nH]1.CC(C)c1c[nH]c(=O)[nH]1.CC(C)c1cn[nH]c1.CC(C)c1cnc[nH]1. The first-order chi connectivity index (χ1) is 26.3. The Labute approximate surface area is 328 Å². The molecule has 16 nitrogen and oxygen atoms in total. The minimum absolute atomic E-state index is 0.0421. The largest absolute Gasteiger partial charge is 0.367 e. The number of aromatic amines is 8. The highest BCUT2D eigenvalue weighted by Gasteiger charge is 2.12. The summed E-state index contributed by atoms with van der Waals surface area (Å²) in [6, 6.07) is 1.79. The predicted octanol–water partition coefficient (Wildman–Crippen LogP) is 7.54. The van der Waals surface area contributed by atoms with Gasteiger partial charge in [-0.15, -0.1) is 0 Å². The molecule has 0 radical (unpaired) electrons. The molecule has 0 bridgehead atoms. The molecule has 0 aliphatic heterocycles. The molecule has 0 aliphatic carbocycles. The van der Waals surface area contributed by atoms with E-state index in [1.54, 1.807) is 51.0 Å². The van der Waals surface area contributed by atoms with Crippen LogP contribution in [-0.4, -0.2) is 72.4 Å². The molecule has 0 spiro atoms. The first kappa shape index (κ1) is 48.0. The second-order valence-electron chi connectivity index (χ2n) is 14.5. The van der Waals surface area contributed by atoms with Crippen LogP contribution < -0.4 is 11.4 Å². The summed E-state index contributed by atoms with van der Waals surface area (Å²) in [5, 5.41) is 6.58. The Bertz CT molecular complexity index is 1920. The first-order valence-corrected chi connectivity index (χ1v) is 18.6. The molecule has 306 valence electrons. The zero-order chi connectivity index (χ0) is 42.4. The number of hydrogen-bond acceptors (Lipinski definition) is 8. The topological polar surface area (TPSA) is 250 Å². The molecule has 0 unspecified atom stereocenters. The van der Waals surface area contributed by atoms with E-state index >= 15 is 0 Å². The summed E-state index contributed by atoms with van der Waals surface area (Å²) in [7, 11) is 0. The molecule has 0 atom stereocenters. The maximum absolute atomic E-state index is 11.2. The van der Waals surface area contributed by atoms with Gasteiger partial charge < -0.3 is 34.9 Å².